The highest BCUT2D eigenvalue weighted by Crippen LogP contribution is 2.30. The van der Waals surface area contributed by atoms with E-state index < -0.39 is 29.7 Å². The van der Waals surface area contributed by atoms with Crippen molar-refractivity contribution in [3.05, 3.63) is 54.1 Å². The number of methoxy groups -OCH3 is 1. The van der Waals surface area contributed by atoms with E-state index in [4.69, 9.17) is 4.74 Å². The molecular weight excluding hydrogens is 430 g/mol. The largest absolute Gasteiger partial charge is 0.495 e. The minimum Gasteiger partial charge on any atom is -0.495 e. The molecule has 6 amide bonds. The number of para-hydroxylation sites is 2. The van der Waals surface area contributed by atoms with Crippen molar-refractivity contribution < 1.29 is 28.7 Å². The van der Waals surface area contributed by atoms with Crippen LogP contribution in [0.4, 0.5) is 16.2 Å². The van der Waals surface area contributed by atoms with Gasteiger partial charge in [-0.1, -0.05) is 19.1 Å². The molecule has 1 atom stereocenters. The van der Waals surface area contributed by atoms with Crippen molar-refractivity contribution in [2.45, 2.75) is 13.3 Å². The first kappa shape index (κ1) is 23.1. The molecule has 33 heavy (non-hydrogen) atoms. The van der Waals surface area contributed by atoms with E-state index in [-0.39, 0.29) is 22.9 Å². The lowest BCUT2D eigenvalue weighted by Gasteiger charge is -2.29. The first-order valence-electron chi connectivity index (χ1n) is 9.91. The van der Waals surface area contributed by atoms with Gasteiger partial charge < -0.3 is 10.1 Å². The zero-order valence-electron chi connectivity index (χ0n) is 17.8. The van der Waals surface area contributed by atoms with Gasteiger partial charge in [0.1, 0.15) is 5.75 Å². The van der Waals surface area contributed by atoms with Crippen LogP contribution in [-0.4, -0.2) is 43.0 Å². The fourth-order valence-corrected chi connectivity index (χ4v) is 2.95. The summed E-state index contributed by atoms with van der Waals surface area (Å²) < 4.78 is 5.18. The van der Waals surface area contributed by atoms with E-state index in [1.54, 1.807) is 37.3 Å². The van der Waals surface area contributed by atoms with Crippen molar-refractivity contribution in [2.75, 3.05) is 17.3 Å². The second kappa shape index (κ2) is 10.2. The van der Waals surface area contributed by atoms with Crippen molar-refractivity contribution in [3.8, 4) is 5.75 Å². The van der Waals surface area contributed by atoms with Crippen LogP contribution in [0.15, 0.2) is 53.6 Å². The number of carbonyl (C=O) groups is 5. The van der Waals surface area contributed by atoms with Crippen molar-refractivity contribution in [1.29, 1.82) is 0 Å². The molecule has 11 heteroatoms. The molecule has 1 heterocycles. The summed E-state index contributed by atoms with van der Waals surface area (Å²) in [6, 6.07) is 11.5. The molecule has 1 saturated heterocycles. The number of hydrogen-bond acceptors (Lipinski definition) is 7. The number of benzene rings is 2. The lowest BCUT2D eigenvalue weighted by Crippen LogP contribution is -2.58. The lowest BCUT2D eigenvalue weighted by molar-refractivity contribution is -0.131. The van der Waals surface area contributed by atoms with Crippen LogP contribution >= 0.6 is 0 Å². The number of imide groups is 2. The number of nitrogens with one attached hydrogen (secondary N) is 3. The normalized spacial score (nSPS) is 15.9. The molecule has 0 aliphatic carbocycles. The Morgan fingerprint density at radius 3 is 2.48 bits per heavy atom. The Labute approximate surface area is 188 Å². The molecule has 0 saturated carbocycles. The van der Waals surface area contributed by atoms with Gasteiger partial charge in [0, 0.05) is 23.9 Å². The molecule has 3 rings (SSSR count). The quantitative estimate of drug-likeness (QED) is 0.331. The summed E-state index contributed by atoms with van der Waals surface area (Å²) in [5.41, 5.74) is 3.17. The molecule has 11 nitrogen and oxygen atoms in total. The van der Waals surface area contributed by atoms with Crippen LogP contribution in [0.25, 0.3) is 0 Å². The summed E-state index contributed by atoms with van der Waals surface area (Å²) in [6.45, 7) is 1.72. The third-order valence-corrected chi connectivity index (χ3v) is 4.67. The monoisotopic (exact) mass is 451 g/mol. The second-order valence-electron chi connectivity index (χ2n) is 6.82. The molecule has 0 unspecified atom stereocenters. The van der Waals surface area contributed by atoms with Crippen molar-refractivity contribution in [2.24, 2.45) is 11.0 Å². The molecule has 1 aliphatic rings. The van der Waals surface area contributed by atoms with E-state index in [1.807, 2.05) is 0 Å². The molecule has 170 valence electrons. The number of nitrogens with zero attached hydrogens (tertiary/aromatic N) is 2. The third kappa shape index (κ3) is 5.21. The predicted molar refractivity (Wildman–Crippen MR) is 119 cm³/mol. The molecule has 3 N–H and O–H groups in total. The van der Waals surface area contributed by atoms with Gasteiger partial charge in [-0.15, -0.1) is 0 Å². The average molecular weight is 451 g/mol. The Balaban J connectivity index is 1.70. The summed E-state index contributed by atoms with van der Waals surface area (Å²) in [6.07, 6.45) is 1.27. The van der Waals surface area contributed by atoms with Gasteiger partial charge in [-0.3, -0.25) is 24.5 Å². The van der Waals surface area contributed by atoms with E-state index in [2.05, 4.69) is 21.2 Å². The molecular formula is C22H21N5O6. The highest BCUT2D eigenvalue weighted by molar-refractivity contribution is 6.33. The van der Waals surface area contributed by atoms with Gasteiger partial charge in [-0.05, 0) is 36.4 Å². The Hall–Kier alpha value is -4.54. The van der Waals surface area contributed by atoms with Crippen LogP contribution in [-0.2, 0) is 14.4 Å². The Bertz CT molecular complexity index is 1130. The van der Waals surface area contributed by atoms with E-state index in [0.29, 0.717) is 12.1 Å². The standard InChI is InChI=1S/C22H21N5O6/c1-3-18(28)24-14-10-8-13(9-11-14)19(29)26-23-12-15-20(30)25-22(32)27(21(15)31)16-6-4-5-7-17(16)33-2/h4-12,15H,3H2,1-2H3,(H,24,28)(H,26,29)(H,25,30,32)/b23-12-/t15-/m0/s1. The molecule has 1 aliphatic heterocycles. The minimum absolute atomic E-state index is 0.159. The van der Waals surface area contributed by atoms with Crippen molar-refractivity contribution in [1.82, 2.24) is 10.7 Å². The van der Waals surface area contributed by atoms with E-state index in [0.717, 1.165) is 11.1 Å². The van der Waals surface area contributed by atoms with Crippen LogP contribution in [0, 0.1) is 5.92 Å². The van der Waals surface area contributed by atoms with Gasteiger partial charge in [-0.25, -0.2) is 15.1 Å². The van der Waals surface area contributed by atoms with Gasteiger partial charge in [0.05, 0.1) is 12.8 Å². The smallest absolute Gasteiger partial charge is 0.335 e. The van der Waals surface area contributed by atoms with Crippen molar-refractivity contribution >= 4 is 47.2 Å². The average Bonchev–Trinajstić information content (AvgIpc) is 2.81. The fourth-order valence-electron chi connectivity index (χ4n) is 2.95. The fraction of sp³-hybridized carbons (Fsp3) is 0.182. The molecule has 0 spiro atoms. The number of anilines is 2. The van der Waals surface area contributed by atoms with E-state index >= 15 is 0 Å². The van der Waals surface area contributed by atoms with Gasteiger partial charge >= 0.3 is 6.03 Å². The van der Waals surface area contributed by atoms with E-state index in [1.165, 1.54) is 25.3 Å². The summed E-state index contributed by atoms with van der Waals surface area (Å²) >= 11 is 0. The highest BCUT2D eigenvalue weighted by Gasteiger charge is 2.41. The Morgan fingerprint density at radius 2 is 1.82 bits per heavy atom. The summed E-state index contributed by atoms with van der Waals surface area (Å²) in [4.78, 5) is 61.8. The van der Waals surface area contributed by atoms with Gasteiger partial charge in [0.2, 0.25) is 11.8 Å². The third-order valence-electron chi connectivity index (χ3n) is 4.67. The zero-order valence-corrected chi connectivity index (χ0v) is 17.8. The van der Waals surface area contributed by atoms with Crippen LogP contribution in [0.3, 0.4) is 0 Å². The van der Waals surface area contributed by atoms with Crippen LogP contribution < -0.4 is 25.7 Å². The number of hydrogen-bond donors (Lipinski definition) is 3. The maximum atomic E-state index is 12.9. The molecule has 2 aromatic rings. The van der Waals surface area contributed by atoms with Crippen LogP contribution in [0.1, 0.15) is 23.7 Å². The van der Waals surface area contributed by atoms with Gasteiger partial charge in [-0.2, -0.15) is 5.10 Å². The van der Waals surface area contributed by atoms with E-state index in [9.17, 15) is 24.0 Å². The summed E-state index contributed by atoms with van der Waals surface area (Å²) in [5, 5.41) is 8.46. The number of amides is 6. The maximum absolute atomic E-state index is 12.9. The molecule has 0 aromatic heterocycles. The maximum Gasteiger partial charge on any atom is 0.335 e. The minimum atomic E-state index is -1.44. The lowest BCUT2D eigenvalue weighted by atomic mass is 10.1. The Morgan fingerprint density at radius 1 is 1.12 bits per heavy atom. The number of ether oxygens (including phenoxy) is 1. The van der Waals surface area contributed by atoms with Crippen LogP contribution in [0.2, 0.25) is 0 Å². The first-order chi connectivity index (χ1) is 15.8. The number of hydrazone groups is 1. The number of barbiturate groups is 1. The SMILES string of the molecule is CCC(=O)Nc1ccc(C(=O)N/N=C\[C@H]2C(=O)NC(=O)N(c3ccccc3OC)C2=O)cc1. The zero-order chi connectivity index (χ0) is 24.0. The number of urea groups is 1. The number of carbonyl (C=O) groups excluding carboxylic acids is 5. The van der Waals surface area contributed by atoms with Crippen molar-refractivity contribution in [3.63, 3.8) is 0 Å². The molecule has 1 fully saturated rings. The molecule has 2 aromatic carbocycles. The molecule has 0 bridgehead atoms. The van der Waals surface area contributed by atoms with Crippen LogP contribution in [0.5, 0.6) is 5.75 Å². The topological polar surface area (TPSA) is 146 Å². The first-order valence-corrected chi connectivity index (χ1v) is 9.91. The van der Waals surface area contributed by atoms with Gasteiger partial charge in [0.25, 0.3) is 11.8 Å². The highest BCUT2D eigenvalue weighted by atomic mass is 16.5. The van der Waals surface area contributed by atoms with Gasteiger partial charge in [0.15, 0.2) is 5.92 Å². The Kier molecular flexibility index (Phi) is 7.13. The summed E-state index contributed by atoms with van der Waals surface area (Å²) in [7, 11) is 1.38. The molecule has 0 radical (unpaired) electrons. The second-order valence-corrected chi connectivity index (χ2v) is 6.82. The summed E-state index contributed by atoms with van der Waals surface area (Å²) in [5.74, 6) is -3.65. The number of rotatable bonds is 7. The predicted octanol–water partition coefficient (Wildman–Crippen LogP) is 1.66.